The number of para-hydroxylation sites is 2. The molecule has 0 saturated heterocycles. The number of rotatable bonds is 5. The Balaban J connectivity index is 1.44. The van der Waals surface area contributed by atoms with Crippen molar-refractivity contribution in [3.63, 3.8) is 0 Å². The number of aromatic nitrogens is 1. The minimum atomic E-state index is 0.604. The molecular formula is C40H33N3O2. The van der Waals surface area contributed by atoms with E-state index in [4.69, 9.17) is 20.7 Å². The maximum absolute atomic E-state index is 7.82. The molecule has 220 valence electrons. The zero-order chi connectivity index (χ0) is 31.4. The number of aryl methyl sites for hydroxylation is 3. The van der Waals surface area contributed by atoms with E-state index in [0.29, 0.717) is 11.4 Å². The summed E-state index contributed by atoms with van der Waals surface area (Å²) in [7, 11) is 0. The van der Waals surface area contributed by atoms with E-state index in [1.165, 1.54) is 0 Å². The summed E-state index contributed by atoms with van der Waals surface area (Å²) in [5.41, 5.74) is 13.7. The van der Waals surface area contributed by atoms with E-state index in [9.17, 15) is 0 Å². The summed E-state index contributed by atoms with van der Waals surface area (Å²) >= 11 is 0. The van der Waals surface area contributed by atoms with E-state index in [-0.39, 0.29) is 0 Å². The van der Waals surface area contributed by atoms with Crippen LogP contribution in [-0.4, -0.2) is 10.7 Å². The number of ether oxygens (including phenoxy) is 1. The largest absolute Gasteiger partial charge is 0.455 e. The fourth-order valence-electron chi connectivity index (χ4n) is 6.62. The van der Waals surface area contributed by atoms with Gasteiger partial charge < -0.3 is 14.1 Å². The smallest absolute Gasteiger partial charge is 0.210 e. The molecule has 0 aliphatic carbocycles. The van der Waals surface area contributed by atoms with E-state index in [1.807, 2.05) is 45.0 Å². The number of hydrogen-bond donors (Lipinski definition) is 1. The topological polar surface area (TPSA) is 54.9 Å². The number of nitrogens with zero attached hydrogens (tertiary/aromatic N) is 2. The first-order chi connectivity index (χ1) is 21.8. The van der Waals surface area contributed by atoms with Gasteiger partial charge in [0.2, 0.25) is 5.69 Å². The lowest BCUT2D eigenvalue weighted by Gasteiger charge is -2.18. The number of aromatic amines is 1. The van der Waals surface area contributed by atoms with Gasteiger partial charge in [-0.25, -0.2) is 9.84 Å². The Morgan fingerprint density at radius 2 is 1.49 bits per heavy atom. The van der Waals surface area contributed by atoms with Gasteiger partial charge in [-0.05, 0) is 93.1 Å². The predicted octanol–water partition coefficient (Wildman–Crippen LogP) is 11.1. The van der Waals surface area contributed by atoms with Crippen molar-refractivity contribution in [3.8, 4) is 16.9 Å². The maximum atomic E-state index is 7.82. The van der Waals surface area contributed by atoms with Crippen LogP contribution < -0.4 is 4.74 Å². The maximum Gasteiger partial charge on any atom is 0.210 e. The second-order valence-corrected chi connectivity index (χ2v) is 11.8. The van der Waals surface area contributed by atoms with Gasteiger partial charge in [0.25, 0.3) is 0 Å². The normalized spacial score (nSPS) is 14.3. The van der Waals surface area contributed by atoms with Crippen LogP contribution in [0.25, 0.3) is 49.2 Å². The molecule has 0 saturated carbocycles. The van der Waals surface area contributed by atoms with Gasteiger partial charge in [0.05, 0.1) is 12.3 Å². The summed E-state index contributed by atoms with van der Waals surface area (Å²) in [6.07, 6.45) is 0. The molecule has 0 fully saturated rings. The number of H-pyrrole nitrogens is 1. The van der Waals surface area contributed by atoms with Gasteiger partial charge in [0.1, 0.15) is 22.6 Å². The molecule has 7 rings (SSSR count). The van der Waals surface area contributed by atoms with Crippen LogP contribution in [-0.2, 0) is 0 Å². The molecule has 45 heavy (non-hydrogen) atoms. The molecule has 5 nitrogen and oxygen atoms in total. The predicted molar refractivity (Wildman–Crippen MR) is 185 cm³/mol. The average Bonchev–Trinajstić information content (AvgIpc) is 3.66. The Kier molecular flexibility index (Phi) is 6.79. The van der Waals surface area contributed by atoms with E-state index in [0.717, 1.165) is 95.0 Å². The van der Waals surface area contributed by atoms with E-state index in [1.54, 1.807) is 0 Å². The van der Waals surface area contributed by atoms with E-state index in [2.05, 4.69) is 91.3 Å². The molecule has 0 atom stereocenters. The summed E-state index contributed by atoms with van der Waals surface area (Å²) in [6, 6.07) is 29.1. The van der Waals surface area contributed by atoms with Crippen molar-refractivity contribution < 1.29 is 9.15 Å². The third-order valence-electron chi connectivity index (χ3n) is 8.77. The number of fused-ring (bicyclic) bond motifs is 3. The number of benzene rings is 4. The fourth-order valence-corrected chi connectivity index (χ4v) is 6.62. The van der Waals surface area contributed by atoms with Crippen molar-refractivity contribution in [3.05, 3.63) is 141 Å². The molecule has 6 aromatic rings. The molecule has 5 heteroatoms. The highest BCUT2D eigenvalue weighted by molar-refractivity contribution is 6.30. The number of nitrogens with one attached hydrogen (secondary N) is 1. The zero-order valence-electron chi connectivity index (χ0n) is 26.3. The molecular weight excluding hydrogens is 554 g/mol. The van der Waals surface area contributed by atoms with E-state index < -0.39 is 0 Å². The van der Waals surface area contributed by atoms with Crippen molar-refractivity contribution in [1.82, 2.24) is 4.98 Å². The van der Waals surface area contributed by atoms with Crippen molar-refractivity contribution in [2.24, 2.45) is 4.99 Å². The summed E-state index contributed by atoms with van der Waals surface area (Å²) in [4.78, 5) is 12.4. The van der Waals surface area contributed by atoms with Gasteiger partial charge in [0.15, 0.2) is 5.76 Å². The third-order valence-corrected chi connectivity index (χ3v) is 8.77. The second-order valence-electron chi connectivity index (χ2n) is 11.8. The number of aliphatic imine (C=N–C) groups is 1. The van der Waals surface area contributed by atoms with Crippen LogP contribution in [0.3, 0.4) is 0 Å². The van der Waals surface area contributed by atoms with Crippen molar-refractivity contribution in [2.45, 2.75) is 41.5 Å². The van der Waals surface area contributed by atoms with Crippen LogP contribution in [0.15, 0.2) is 106 Å². The highest BCUT2D eigenvalue weighted by Crippen LogP contribution is 2.44. The molecule has 0 spiro atoms. The standard InChI is InChI=1S/C40H33N3O2/c1-22-20-29(28-14-9-8-10-15-28)21-23(2)38(22)45-40(37-25(4)35(41-7)27(6)43-37)36-24(3)34(26(5)42-36)32-18-13-17-31-30-16-11-12-19-33(30)44-39(31)32/h8-21,43H,1-6H3/b40-36+. The minimum Gasteiger partial charge on any atom is -0.455 e. The quantitative estimate of drug-likeness (QED) is 0.161. The zero-order valence-corrected chi connectivity index (χ0v) is 26.3. The molecule has 4 aromatic carbocycles. The third kappa shape index (κ3) is 4.58. The summed E-state index contributed by atoms with van der Waals surface area (Å²) < 4.78 is 13.4. The Hall–Kier alpha value is -5.60. The average molecular weight is 588 g/mol. The van der Waals surface area contributed by atoms with Gasteiger partial charge in [-0.1, -0.05) is 66.7 Å². The first-order valence-corrected chi connectivity index (χ1v) is 15.1. The molecule has 0 radical (unpaired) electrons. The van der Waals surface area contributed by atoms with Gasteiger partial charge in [-0.2, -0.15) is 0 Å². The van der Waals surface area contributed by atoms with Crippen LogP contribution in [0.2, 0.25) is 0 Å². The number of hydrogen-bond acceptors (Lipinski definition) is 3. The molecule has 1 aliphatic rings. The monoisotopic (exact) mass is 587 g/mol. The van der Waals surface area contributed by atoms with Gasteiger partial charge in [0, 0.05) is 33.3 Å². The summed E-state index contributed by atoms with van der Waals surface area (Å²) in [5, 5.41) is 2.17. The first-order valence-electron chi connectivity index (χ1n) is 15.1. The van der Waals surface area contributed by atoms with Gasteiger partial charge in [-0.3, -0.25) is 0 Å². The van der Waals surface area contributed by atoms with Crippen LogP contribution in [0.4, 0.5) is 5.69 Å². The Bertz CT molecular complexity index is 2280. The van der Waals surface area contributed by atoms with E-state index >= 15 is 0 Å². The SMILES string of the molecule is [C-]#[N+]c1c(C)[nH]c(/C(Oc2c(C)cc(-c3ccccc3)cc2C)=C2\N=C(C)C(c3cccc4c3oc3ccccc34)=C2C)c1C. The molecule has 3 heterocycles. The molecule has 0 unspecified atom stereocenters. The first kappa shape index (κ1) is 28.2. The Morgan fingerprint density at radius 3 is 2.20 bits per heavy atom. The van der Waals surface area contributed by atoms with Crippen LogP contribution in [0.1, 0.15) is 47.5 Å². The summed E-state index contributed by atoms with van der Waals surface area (Å²) in [6.45, 7) is 20.0. The second kappa shape index (κ2) is 10.8. The number of allylic oxidation sites excluding steroid dienone is 2. The Labute approximate surface area is 263 Å². The van der Waals surface area contributed by atoms with Gasteiger partial charge >= 0.3 is 0 Å². The highest BCUT2D eigenvalue weighted by atomic mass is 16.5. The lowest BCUT2D eigenvalue weighted by Crippen LogP contribution is -2.04. The van der Waals surface area contributed by atoms with Gasteiger partial charge in [-0.15, -0.1) is 0 Å². The minimum absolute atomic E-state index is 0.604. The van der Waals surface area contributed by atoms with Crippen LogP contribution >= 0.6 is 0 Å². The molecule has 0 amide bonds. The van der Waals surface area contributed by atoms with Crippen molar-refractivity contribution >= 4 is 44.7 Å². The van der Waals surface area contributed by atoms with Crippen molar-refractivity contribution in [1.29, 1.82) is 0 Å². The summed E-state index contributed by atoms with van der Waals surface area (Å²) in [5.74, 6) is 1.38. The molecule has 0 bridgehead atoms. The fraction of sp³-hybridized carbons (Fsp3) is 0.150. The van der Waals surface area contributed by atoms with Crippen LogP contribution in [0, 0.1) is 34.3 Å². The highest BCUT2D eigenvalue weighted by Gasteiger charge is 2.29. The molecule has 1 aliphatic heterocycles. The Morgan fingerprint density at radius 1 is 0.800 bits per heavy atom. The molecule has 2 aromatic heterocycles. The number of furan rings is 1. The van der Waals surface area contributed by atoms with Crippen LogP contribution in [0.5, 0.6) is 5.75 Å². The lowest BCUT2D eigenvalue weighted by atomic mass is 9.95. The molecule has 1 N–H and O–H groups in total. The van der Waals surface area contributed by atoms with Crippen molar-refractivity contribution in [2.75, 3.05) is 0 Å². The lowest BCUT2D eigenvalue weighted by molar-refractivity contribution is 0.499.